The van der Waals surface area contributed by atoms with Crippen LogP contribution in [0.5, 0.6) is 5.75 Å². The van der Waals surface area contributed by atoms with Gasteiger partial charge in [-0.05, 0) is 49.2 Å². The van der Waals surface area contributed by atoms with E-state index in [2.05, 4.69) is 5.32 Å². The Bertz CT molecular complexity index is 817. The number of fused-ring (bicyclic) bond motifs is 1. The lowest BCUT2D eigenvalue weighted by molar-refractivity contribution is -0.128. The van der Waals surface area contributed by atoms with Crippen LogP contribution >= 0.6 is 11.8 Å². The monoisotopic (exact) mass is 356 g/mol. The summed E-state index contributed by atoms with van der Waals surface area (Å²) in [6.07, 6.45) is 0.0516. The van der Waals surface area contributed by atoms with Crippen LogP contribution in [0.3, 0.4) is 0 Å². The first-order chi connectivity index (χ1) is 12.1. The number of nitriles is 1. The first-order valence-corrected chi connectivity index (χ1v) is 8.95. The molecular weight excluding hydrogens is 339 g/mol. The lowest BCUT2D eigenvalue weighted by Gasteiger charge is -2.27. The molecule has 0 fully saturated rings. The maximum absolute atomic E-state index is 13.9. The standard InChI is InChI=1S/C19H17FN2O2S/c1-12(24-14-7-5-13(11-21)6-8-14)19(23)22-17-9-10-25-18-15(17)3-2-4-16(18)20/h2-8,12,17H,9-10H2,1H3,(H,22,23)/t12-,17-/m0/s1. The molecule has 2 aromatic carbocycles. The average molecular weight is 356 g/mol. The number of halogens is 1. The summed E-state index contributed by atoms with van der Waals surface area (Å²) in [5.74, 6) is 0.774. The molecule has 0 radical (unpaired) electrons. The van der Waals surface area contributed by atoms with E-state index in [1.165, 1.54) is 17.8 Å². The van der Waals surface area contributed by atoms with Crippen LogP contribution in [0.15, 0.2) is 47.4 Å². The second-order valence-electron chi connectivity index (χ2n) is 5.75. The molecule has 3 rings (SSSR count). The number of nitrogens with one attached hydrogen (secondary N) is 1. The van der Waals surface area contributed by atoms with Crippen molar-refractivity contribution in [2.45, 2.75) is 30.4 Å². The van der Waals surface area contributed by atoms with Crippen LogP contribution in [0.2, 0.25) is 0 Å². The van der Waals surface area contributed by atoms with Crippen molar-refractivity contribution in [2.24, 2.45) is 0 Å². The number of hydrogen-bond donors (Lipinski definition) is 1. The lowest BCUT2D eigenvalue weighted by atomic mass is 10.0. The van der Waals surface area contributed by atoms with Gasteiger partial charge in [-0.15, -0.1) is 11.8 Å². The van der Waals surface area contributed by atoms with Gasteiger partial charge in [0.15, 0.2) is 6.10 Å². The molecule has 0 bridgehead atoms. The quantitative estimate of drug-likeness (QED) is 0.905. The molecule has 0 saturated heterocycles. The molecule has 0 aliphatic carbocycles. The molecule has 25 heavy (non-hydrogen) atoms. The Hall–Kier alpha value is -2.52. The minimum atomic E-state index is -0.695. The molecule has 0 saturated carbocycles. The molecule has 0 spiro atoms. The van der Waals surface area contributed by atoms with Crippen LogP contribution in [0.4, 0.5) is 4.39 Å². The largest absolute Gasteiger partial charge is 0.481 e. The second kappa shape index (κ2) is 7.58. The summed E-state index contributed by atoms with van der Waals surface area (Å²) < 4.78 is 19.5. The number of ether oxygens (including phenoxy) is 1. The van der Waals surface area contributed by atoms with Crippen LogP contribution in [0.25, 0.3) is 0 Å². The smallest absolute Gasteiger partial charge is 0.261 e. The average Bonchev–Trinajstić information content (AvgIpc) is 2.63. The van der Waals surface area contributed by atoms with Crippen LogP contribution in [-0.4, -0.2) is 17.8 Å². The number of benzene rings is 2. The number of carbonyl (C=O) groups is 1. The highest BCUT2D eigenvalue weighted by molar-refractivity contribution is 7.99. The van der Waals surface area contributed by atoms with Gasteiger partial charge in [-0.1, -0.05) is 12.1 Å². The van der Waals surface area contributed by atoms with E-state index < -0.39 is 6.10 Å². The Morgan fingerprint density at radius 3 is 2.84 bits per heavy atom. The van der Waals surface area contributed by atoms with Gasteiger partial charge in [-0.2, -0.15) is 5.26 Å². The summed E-state index contributed by atoms with van der Waals surface area (Å²) in [6.45, 7) is 1.66. The number of amides is 1. The van der Waals surface area contributed by atoms with Crippen LogP contribution in [-0.2, 0) is 4.79 Å². The second-order valence-corrected chi connectivity index (χ2v) is 6.86. The molecule has 1 aliphatic rings. The van der Waals surface area contributed by atoms with E-state index in [0.29, 0.717) is 16.2 Å². The molecule has 6 heteroatoms. The maximum atomic E-state index is 13.9. The van der Waals surface area contributed by atoms with Crippen molar-refractivity contribution in [1.82, 2.24) is 5.32 Å². The predicted molar refractivity (Wildman–Crippen MR) is 93.9 cm³/mol. The van der Waals surface area contributed by atoms with Crippen molar-refractivity contribution in [2.75, 3.05) is 5.75 Å². The van der Waals surface area contributed by atoms with Gasteiger partial charge < -0.3 is 10.1 Å². The van der Waals surface area contributed by atoms with Crippen molar-refractivity contribution in [3.05, 3.63) is 59.4 Å². The zero-order valence-electron chi connectivity index (χ0n) is 13.7. The minimum Gasteiger partial charge on any atom is -0.481 e. The van der Waals surface area contributed by atoms with E-state index in [9.17, 15) is 9.18 Å². The molecule has 1 amide bonds. The molecule has 4 nitrogen and oxygen atoms in total. The summed E-state index contributed by atoms with van der Waals surface area (Å²) in [7, 11) is 0. The van der Waals surface area contributed by atoms with Crippen LogP contribution < -0.4 is 10.1 Å². The van der Waals surface area contributed by atoms with Gasteiger partial charge in [0.05, 0.1) is 17.7 Å². The molecular formula is C19H17FN2O2S. The minimum absolute atomic E-state index is 0.216. The topological polar surface area (TPSA) is 62.1 Å². The van der Waals surface area contributed by atoms with Crippen LogP contribution in [0, 0.1) is 17.1 Å². The predicted octanol–water partition coefficient (Wildman–Crippen LogP) is 3.82. The fraction of sp³-hybridized carbons (Fsp3) is 0.263. The normalized spacial score (nSPS) is 17.1. The van der Waals surface area contributed by atoms with Gasteiger partial charge in [-0.3, -0.25) is 4.79 Å². The molecule has 0 aromatic heterocycles. The molecule has 128 valence electrons. The van der Waals surface area contributed by atoms with E-state index in [4.69, 9.17) is 10.00 Å². The summed E-state index contributed by atoms with van der Waals surface area (Å²) in [5.41, 5.74) is 1.35. The maximum Gasteiger partial charge on any atom is 0.261 e. The van der Waals surface area contributed by atoms with E-state index in [0.717, 1.165) is 17.7 Å². The third-order valence-electron chi connectivity index (χ3n) is 4.01. The zero-order valence-corrected chi connectivity index (χ0v) is 14.5. The lowest BCUT2D eigenvalue weighted by Crippen LogP contribution is -2.39. The van der Waals surface area contributed by atoms with Gasteiger partial charge in [-0.25, -0.2) is 4.39 Å². The summed E-state index contributed by atoms with van der Waals surface area (Å²) in [5, 5.41) is 11.7. The molecule has 0 unspecified atom stereocenters. The van der Waals surface area contributed by atoms with Gasteiger partial charge in [0.1, 0.15) is 11.6 Å². The summed E-state index contributed by atoms with van der Waals surface area (Å²) in [6, 6.07) is 13.3. The van der Waals surface area contributed by atoms with Gasteiger partial charge in [0, 0.05) is 10.6 Å². The van der Waals surface area contributed by atoms with Gasteiger partial charge >= 0.3 is 0 Å². The fourth-order valence-corrected chi connectivity index (χ4v) is 3.83. The third-order valence-corrected chi connectivity index (χ3v) is 5.17. The molecule has 2 aromatic rings. The van der Waals surface area contributed by atoms with Crippen molar-refractivity contribution in [1.29, 1.82) is 5.26 Å². The Morgan fingerprint density at radius 1 is 1.36 bits per heavy atom. The Labute approximate surface area is 150 Å². The SMILES string of the molecule is C[C@H](Oc1ccc(C#N)cc1)C(=O)N[C@H]1CCSc2c(F)cccc21. The van der Waals surface area contributed by atoms with Crippen molar-refractivity contribution >= 4 is 17.7 Å². The molecule has 1 aliphatic heterocycles. The Balaban J connectivity index is 1.66. The zero-order chi connectivity index (χ0) is 17.8. The van der Waals surface area contributed by atoms with Crippen molar-refractivity contribution in [3.8, 4) is 11.8 Å². The van der Waals surface area contributed by atoms with E-state index in [1.807, 2.05) is 12.1 Å². The Morgan fingerprint density at radius 2 is 2.12 bits per heavy atom. The number of nitrogens with zero attached hydrogens (tertiary/aromatic N) is 1. The molecule has 1 heterocycles. The summed E-state index contributed by atoms with van der Waals surface area (Å²) in [4.78, 5) is 13.1. The number of carbonyl (C=O) groups excluding carboxylic acids is 1. The van der Waals surface area contributed by atoms with Gasteiger partial charge in [0.2, 0.25) is 0 Å². The highest BCUT2D eigenvalue weighted by atomic mass is 32.2. The van der Waals surface area contributed by atoms with Crippen LogP contribution in [0.1, 0.15) is 30.5 Å². The van der Waals surface area contributed by atoms with Crippen molar-refractivity contribution in [3.63, 3.8) is 0 Å². The van der Waals surface area contributed by atoms with Gasteiger partial charge in [0.25, 0.3) is 5.91 Å². The van der Waals surface area contributed by atoms with E-state index >= 15 is 0 Å². The number of hydrogen-bond acceptors (Lipinski definition) is 4. The fourth-order valence-electron chi connectivity index (χ4n) is 2.69. The highest BCUT2D eigenvalue weighted by Gasteiger charge is 2.26. The molecule has 2 atom stereocenters. The Kier molecular flexibility index (Phi) is 5.25. The third kappa shape index (κ3) is 3.94. The summed E-state index contributed by atoms with van der Waals surface area (Å²) >= 11 is 1.48. The first kappa shape index (κ1) is 17.3. The van der Waals surface area contributed by atoms with E-state index in [1.54, 1.807) is 37.3 Å². The highest BCUT2D eigenvalue weighted by Crippen LogP contribution is 2.37. The van der Waals surface area contributed by atoms with E-state index in [-0.39, 0.29) is 17.8 Å². The molecule has 1 N–H and O–H groups in total. The number of thioether (sulfide) groups is 1. The van der Waals surface area contributed by atoms with Crippen molar-refractivity contribution < 1.29 is 13.9 Å². The number of rotatable bonds is 4. The first-order valence-electron chi connectivity index (χ1n) is 7.97.